The molecular formula is C21H25FN2O2. The molecule has 0 bridgehead atoms. The molecule has 2 aromatic rings. The van der Waals surface area contributed by atoms with E-state index in [1.165, 1.54) is 18.9 Å². The Hall–Kier alpha value is -2.40. The maximum atomic E-state index is 13.7. The number of likely N-dealkylation sites (tertiary alicyclic amines) is 1. The monoisotopic (exact) mass is 356 g/mol. The molecule has 3 rings (SSSR count). The molecule has 0 spiro atoms. The molecule has 0 aromatic heterocycles. The van der Waals surface area contributed by atoms with Gasteiger partial charge in [0.25, 0.3) is 0 Å². The van der Waals surface area contributed by atoms with E-state index >= 15 is 0 Å². The Kier molecular flexibility index (Phi) is 6.23. The summed E-state index contributed by atoms with van der Waals surface area (Å²) in [7, 11) is 1.65. The van der Waals surface area contributed by atoms with E-state index in [0.29, 0.717) is 12.1 Å². The molecule has 1 amide bonds. The van der Waals surface area contributed by atoms with Gasteiger partial charge in [0.05, 0.1) is 19.6 Å². The molecule has 1 unspecified atom stereocenters. The smallest absolute Gasteiger partial charge is 0.224 e. The van der Waals surface area contributed by atoms with Gasteiger partial charge in [0, 0.05) is 6.54 Å². The minimum atomic E-state index is -0.339. The number of halogens is 1. The van der Waals surface area contributed by atoms with E-state index < -0.39 is 0 Å². The van der Waals surface area contributed by atoms with E-state index in [2.05, 4.69) is 10.2 Å². The van der Waals surface area contributed by atoms with Gasteiger partial charge in [-0.2, -0.15) is 0 Å². The second-order valence-corrected chi connectivity index (χ2v) is 6.60. The first-order valence-electron chi connectivity index (χ1n) is 9.05. The molecule has 1 aliphatic heterocycles. The minimum Gasteiger partial charge on any atom is -0.497 e. The first-order chi connectivity index (χ1) is 12.7. The maximum absolute atomic E-state index is 13.7. The third kappa shape index (κ3) is 4.61. The van der Waals surface area contributed by atoms with Crippen LogP contribution in [-0.4, -0.2) is 37.6 Å². The van der Waals surface area contributed by atoms with Crippen molar-refractivity contribution in [3.8, 4) is 5.75 Å². The summed E-state index contributed by atoms with van der Waals surface area (Å²) < 4.78 is 19.0. The zero-order valence-corrected chi connectivity index (χ0v) is 15.1. The van der Waals surface area contributed by atoms with Crippen molar-refractivity contribution in [2.75, 3.05) is 26.7 Å². The van der Waals surface area contributed by atoms with Gasteiger partial charge in [0.15, 0.2) is 0 Å². The lowest BCUT2D eigenvalue weighted by atomic mass is 10.0. The van der Waals surface area contributed by atoms with Gasteiger partial charge in [-0.05, 0) is 55.3 Å². The normalized spacial score (nSPS) is 15.6. The number of hydrogen-bond donors (Lipinski definition) is 1. The van der Waals surface area contributed by atoms with Crippen LogP contribution in [-0.2, 0) is 11.2 Å². The maximum Gasteiger partial charge on any atom is 0.224 e. The Morgan fingerprint density at radius 3 is 2.50 bits per heavy atom. The van der Waals surface area contributed by atoms with Crippen molar-refractivity contribution >= 4 is 5.91 Å². The molecule has 0 saturated carbocycles. The molecule has 1 atom stereocenters. The summed E-state index contributed by atoms with van der Waals surface area (Å²) in [5.74, 6) is 0.319. The number of hydrogen-bond acceptors (Lipinski definition) is 3. The lowest BCUT2D eigenvalue weighted by Gasteiger charge is -2.28. The molecule has 26 heavy (non-hydrogen) atoms. The molecular weight excluding hydrogens is 331 g/mol. The van der Waals surface area contributed by atoms with Crippen LogP contribution in [0.3, 0.4) is 0 Å². The summed E-state index contributed by atoms with van der Waals surface area (Å²) in [6.45, 7) is 2.57. The number of rotatable bonds is 7. The molecule has 1 N–H and O–H groups in total. The van der Waals surface area contributed by atoms with Crippen LogP contribution in [0.4, 0.5) is 4.39 Å². The van der Waals surface area contributed by atoms with Crippen molar-refractivity contribution in [2.24, 2.45) is 0 Å². The van der Waals surface area contributed by atoms with Crippen LogP contribution in [0, 0.1) is 5.82 Å². The Morgan fingerprint density at radius 1 is 1.15 bits per heavy atom. The minimum absolute atomic E-state index is 0.0575. The van der Waals surface area contributed by atoms with Crippen molar-refractivity contribution in [2.45, 2.75) is 25.3 Å². The Morgan fingerprint density at radius 2 is 1.85 bits per heavy atom. The molecule has 1 saturated heterocycles. The van der Waals surface area contributed by atoms with Gasteiger partial charge in [-0.3, -0.25) is 9.69 Å². The predicted molar refractivity (Wildman–Crippen MR) is 99.7 cm³/mol. The second kappa shape index (κ2) is 8.81. The quantitative estimate of drug-likeness (QED) is 0.827. The SMILES string of the molecule is COc1ccc(C(CNC(=O)Cc2ccccc2F)N2CCCC2)cc1. The number of amides is 1. The van der Waals surface area contributed by atoms with E-state index in [1.807, 2.05) is 24.3 Å². The molecule has 0 aliphatic carbocycles. The van der Waals surface area contributed by atoms with Gasteiger partial charge >= 0.3 is 0 Å². The standard InChI is InChI=1S/C21H25FN2O2/c1-26-18-10-8-16(9-11-18)20(24-12-4-5-13-24)15-23-21(25)14-17-6-2-3-7-19(17)22/h2-3,6-11,20H,4-5,12-15H2,1H3,(H,23,25). The molecule has 1 heterocycles. The third-order valence-electron chi connectivity index (χ3n) is 4.88. The van der Waals surface area contributed by atoms with Crippen molar-refractivity contribution in [3.63, 3.8) is 0 Å². The molecule has 5 heteroatoms. The fourth-order valence-corrected chi connectivity index (χ4v) is 3.42. The van der Waals surface area contributed by atoms with Gasteiger partial charge < -0.3 is 10.1 Å². The van der Waals surface area contributed by atoms with Gasteiger partial charge in [0.1, 0.15) is 11.6 Å². The lowest BCUT2D eigenvalue weighted by molar-refractivity contribution is -0.120. The topological polar surface area (TPSA) is 41.6 Å². The van der Waals surface area contributed by atoms with Gasteiger partial charge in [0.2, 0.25) is 5.91 Å². The van der Waals surface area contributed by atoms with E-state index in [1.54, 1.807) is 25.3 Å². The highest BCUT2D eigenvalue weighted by Gasteiger charge is 2.24. The molecule has 138 valence electrons. The van der Waals surface area contributed by atoms with Crippen molar-refractivity contribution in [1.82, 2.24) is 10.2 Å². The van der Waals surface area contributed by atoms with E-state index in [4.69, 9.17) is 4.74 Å². The molecule has 1 fully saturated rings. The van der Waals surface area contributed by atoms with Crippen LogP contribution in [0.5, 0.6) is 5.75 Å². The fourth-order valence-electron chi connectivity index (χ4n) is 3.42. The summed E-state index contributed by atoms with van der Waals surface area (Å²) in [5.41, 5.74) is 1.58. The summed E-state index contributed by atoms with van der Waals surface area (Å²) in [5, 5.41) is 2.98. The van der Waals surface area contributed by atoms with Crippen LogP contribution in [0.25, 0.3) is 0 Å². The van der Waals surface area contributed by atoms with E-state index in [-0.39, 0.29) is 24.2 Å². The van der Waals surface area contributed by atoms with Crippen LogP contribution >= 0.6 is 0 Å². The molecule has 2 aromatic carbocycles. The first kappa shape index (κ1) is 18.4. The molecule has 1 aliphatic rings. The highest BCUT2D eigenvalue weighted by atomic mass is 19.1. The molecule has 0 radical (unpaired) electrons. The van der Waals surface area contributed by atoms with Gasteiger partial charge in [-0.25, -0.2) is 4.39 Å². The Balaban J connectivity index is 1.65. The number of ether oxygens (including phenoxy) is 1. The zero-order chi connectivity index (χ0) is 18.4. The number of nitrogens with zero attached hydrogens (tertiary/aromatic N) is 1. The predicted octanol–water partition coefficient (Wildman–Crippen LogP) is 3.33. The summed E-state index contributed by atoms with van der Waals surface area (Å²) >= 11 is 0. The number of nitrogens with one attached hydrogen (secondary N) is 1. The van der Waals surface area contributed by atoms with Crippen molar-refractivity contribution < 1.29 is 13.9 Å². The van der Waals surface area contributed by atoms with Crippen LogP contribution in [0.1, 0.15) is 30.0 Å². The Bertz CT molecular complexity index is 727. The van der Waals surface area contributed by atoms with Crippen molar-refractivity contribution in [1.29, 1.82) is 0 Å². The highest BCUT2D eigenvalue weighted by Crippen LogP contribution is 2.26. The fraction of sp³-hybridized carbons (Fsp3) is 0.381. The number of carbonyl (C=O) groups excluding carboxylic acids is 1. The zero-order valence-electron chi connectivity index (χ0n) is 15.1. The van der Waals surface area contributed by atoms with E-state index in [0.717, 1.165) is 24.4 Å². The first-order valence-corrected chi connectivity index (χ1v) is 9.05. The Labute approximate surface area is 154 Å². The second-order valence-electron chi connectivity index (χ2n) is 6.60. The third-order valence-corrected chi connectivity index (χ3v) is 4.88. The highest BCUT2D eigenvalue weighted by molar-refractivity contribution is 5.78. The van der Waals surface area contributed by atoms with Gasteiger partial charge in [-0.1, -0.05) is 30.3 Å². The number of carbonyl (C=O) groups is 1. The average Bonchev–Trinajstić information content (AvgIpc) is 3.19. The van der Waals surface area contributed by atoms with E-state index in [9.17, 15) is 9.18 Å². The number of benzene rings is 2. The largest absolute Gasteiger partial charge is 0.497 e. The molecule has 4 nitrogen and oxygen atoms in total. The summed E-state index contributed by atoms with van der Waals surface area (Å²) in [6, 6.07) is 14.5. The average molecular weight is 356 g/mol. The van der Waals surface area contributed by atoms with Crippen LogP contribution in [0.2, 0.25) is 0 Å². The summed E-state index contributed by atoms with van der Waals surface area (Å²) in [4.78, 5) is 14.7. The van der Waals surface area contributed by atoms with Crippen LogP contribution in [0.15, 0.2) is 48.5 Å². The van der Waals surface area contributed by atoms with Crippen molar-refractivity contribution in [3.05, 3.63) is 65.5 Å². The number of methoxy groups -OCH3 is 1. The summed E-state index contributed by atoms with van der Waals surface area (Å²) in [6.07, 6.45) is 2.41. The lowest BCUT2D eigenvalue weighted by Crippen LogP contribution is -2.37. The van der Waals surface area contributed by atoms with Crippen LogP contribution < -0.4 is 10.1 Å². The van der Waals surface area contributed by atoms with Gasteiger partial charge in [-0.15, -0.1) is 0 Å².